The molecule has 0 spiro atoms. The molecule has 5 heteroatoms. The summed E-state index contributed by atoms with van der Waals surface area (Å²) in [6.45, 7) is 2.87. The standard InChI is InChI=1S/C9H16N2O3/c1-2-7(8(10)12)11-9(13)6-3-4-14-5-6/h6-7H,2-5H2,1H3,(H2,10,12)(H,11,13)/t6-,7+/m1/s1. The highest BCUT2D eigenvalue weighted by Crippen LogP contribution is 2.12. The number of nitrogens with one attached hydrogen (secondary N) is 1. The summed E-state index contributed by atoms with van der Waals surface area (Å²) in [7, 11) is 0. The van der Waals surface area contributed by atoms with E-state index in [0.717, 1.165) is 6.42 Å². The van der Waals surface area contributed by atoms with Gasteiger partial charge in [-0.1, -0.05) is 6.92 Å². The molecule has 80 valence electrons. The lowest BCUT2D eigenvalue weighted by molar-refractivity contribution is -0.130. The first-order chi connectivity index (χ1) is 6.65. The largest absolute Gasteiger partial charge is 0.381 e. The van der Waals surface area contributed by atoms with E-state index in [1.807, 2.05) is 0 Å². The molecule has 2 amide bonds. The number of carbonyl (C=O) groups excluding carboxylic acids is 2. The fraction of sp³-hybridized carbons (Fsp3) is 0.778. The average molecular weight is 200 g/mol. The first kappa shape index (κ1) is 11.0. The molecule has 14 heavy (non-hydrogen) atoms. The smallest absolute Gasteiger partial charge is 0.239 e. The van der Waals surface area contributed by atoms with Gasteiger partial charge in [-0.2, -0.15) is 0 Å². The molecule has 1 rings (SSSR count). The summed E-state index contributed by atoms with van der Waals surface area (Å²) in [5.74, 6) is -0.740. The number of nitrogens with two attached hydrogens (primary N) is 1. The van der Waals surface area contributed by atoms with Gasteiger partial charge in [0.25, 0.3) is 0 Å². The molecule has 1 fully saturated rings. The molecule has 0 aromatic heterocycles. The average Bonchev–Trinajstić information content (AvgIpc) is 2.65. The second-order valence-corrected chi connectivity index (χ2v) is 3.43. The van der Waals surface area contributed by atoms with E-state index in [1.165, 1.54) is 0 Å². The Labute approximate surface area is 83.0 Å². The van der Waals surface area contributed by atoms with Crippen molar-refractivity contribution in [1.29, 1.82) is 0 Å². The number of hydrogen-bond acceptors (Lipinski definition) is 3. The summed E-state index contributed by atoms with van der Waals surface area (Å²) in [5.41, 5.74) is 5.11. The van der Waals surface area contributed by atoms with Gasteiger partial charge in [0.1, 0.15) is 6.04 Å². The van der Waals surface area contributed by atoms with Crippen LogP contribution in [0.2, 0.25) is 0 Å². The summed E-state index contributed by atoms with van der Waals surface area (Å²) in [5, 5.41) is 2.61. The monoisotopic (exact) mass is 200 g/mol. The van der Waals surface area contributed by atoms with Crippen LogP contribution in [0.3, 0.4) is 0 Å². The van der Waals surface area contributed by atoms with E-state index in [1.54, 1.807) is 6.92 Å². The molecule has 1 saturated heterocycles. The number of rotatable bonds is 4. The van der Waals surface area contributed by atoms with Gasteiger partial charge < -0.3 is 15.8 Å². The molecule has 1 aliphatic heterocycles. The number of amides is 2. The van der Waals surface area contributed by atoms with Crippen LogP contribution in [-0.4, -0.2) is 31.1 Å². The normalized spacial score (nSPS) is 23.1. The van der Waals surface area contributed by atoms with Gasteiger partial charge in [0.2, 0.25) is 11.8 Å². The molecule has 0 radical (unpaired) electrons. The maximum atomic E-state index is 11.5. The third-order valence-electron chi connectivity index (χ3n) is 2.37. The number of ether oxygens (including phenoxy) is 1. The van der Waals surface area contributed by atoms with Crippen molar-refractivity contribution in [3.63, 3.8) is 0 Å². The van der Waals surface area contributed by atoms with Crippen LogP contribution < -0.4 is 11.1 Å². The third kappa shape index (κ3) is 2.70. The highest BCUT2D eigenvalue weighted by molar-refractivity contribution is 5.87. The predicted octanol–water partition coefficient (Wildman–Crippen LogP) is -0.597. The summed E-state index contributed by atoms with van der Waals surface area (Å²) >= 11 is 0. The Kier molecular flexibility index (Phi) is 3.88. The van der Waals surface area contributed by atoms with Crippen LogP contribution in [0, 0.1) is 5.92 Å². The Morgan fingerprint density at radius 1 is 1.64 bits per heavy atom. The van der Waals surface area contributed by atoms with E-state index in [4.69, 9.17) is 10.5 Å². The van der Waals surface area contributed by atoms with Gasteiger partial charge in [0.05, 0.1) is 12.5 Å². The van der Waals surface area contributed by atoms with Crippen LogP contribution in [0.5, 0.6) is 0 Å². The first-order valence-electron chi connectivity index (χ1n) is 4.82. The van der Waals surface area contributed by atoms with Crippen LogP contribution >= 0.6 is 0 Å². The van der Waals surface area contributed by atoms with E-state index in [-0.39, 0.29) is 11.8 Å². The lowest BCUT2D eigenvalue weighted by Gasteiger charge is -2.15. The minimum Gasteiger partial charge on any atom is -0.381 e. The summed E-state index contributed by atoms with van der Waals surface area (Å²) in [6, 6.07) is -0.553. The maximum absolute atomic E-state index is 11.5. The molecule has 0 aromatic carbocycles. The molecule has 1 aliphatic rings. The molecule has 0 aromatic rings. The number of carbonyl (C=O) groups is 2. The summed E-state index contributed by atoms with van der Waals surface area (Å²) in [4.78, 5) is 22.4. The van der Waals surface area contributed by atoms with Crippen molar-refractivity contribution in [3.05, 3.63) is 0 Å². The fourth-order valence-electron chi connectivity index (χ4n) is 1.41. The Balaban J connectivity index is 2.41. The Morgan fingerprint density at radius 3 is 2.79 bits per heavy atom. The molecule has 2 atom stereocenters. The quantitative estimate of drug-likeness (QED) is 0.636. The lowest BCUT2D eigenvalue weighted by Crippen LogP contribution is -2.46. The molecule has 0 bridgehead atoms. The Bertz CT molecular complexity index is 224. The van der Waals surface area contributed by atoms with E-state index in [9.17, 15) is 9.59 Å². The van der Waals surface area contributed by atoms with Crippen LogP contribution in [0.4, 0.5) is 0 Å². The lowest BCUT2D eigenvalue weighted by atomic mass is 10.1. The van der Waals surface area contributed by atoms with E-state index >= 15 is 0 Å². The Hall–Kier alpha value is -1.10. The minimum atomic E-state index is -0.553. The van der Waals surface area contributed by atoms with Crippen molar-refractivity contribution < 1.29 is 14.3 Å². The van der Waals surface area contributed by atoms with Gasteiger partial charge in [-0.15, -0.1) is 0 Å². The van der Waals surface area contributed by atoms with Gasteiger partial charge >= 0.3 is 0 Å². The topological polar surface area (TPSA) is 81.4 Å². The number of primary amides is 1. The molecular formula is C9H16N2O3. The van der Waals surface area contributed by atoms with Gasteiger partial charge in [0, 0.05) is 6.61 Å². The molecule has 0 saturated carbocycles. The first-order valence-corrected chi connectivity index (χ1v) is 4.82. The molecule has 3 N–H and O–H groups in total. The van der Waals surface area contributed by atoms with Crippen molar-refractivity contribution in [2.45, 2.75) is 25.8 Å². The zero-order chi connectivity index (χ0) is 10.6. The van der Waals surface area contributed by atoms with Crippen LogP contribution in [0.15, 0.2) is 0 Å². The van der Waals surface area contributed by atoms with Gasteiger partial charge in [0.15, 0.2) is 0 Å². The van der Waals surface area contributed by atoms with Crippen molar-refractivity contribution in [3.8, 4) is 0 Å². The fourth-order valence-corrected chi connectivity index (χ4v) is 1.41. The molecule has 1 heterocycles. The van der Waals surface area contributed by atoms with E-state index in [2.05, 4.69) is 5.32 Å². The van der Waals surface area contributed by atoms with Crippen molar-refractivity contribution in [1.82, 2.24) is 5.32 Å². The van der Waals surface area contributed by atoms with Crippen molar-refractivity contribution >= 4 is 11.8 Å². The minimum absolute atomic E-state index is 0.122. The molecule has 0 aliphatic carbocycles. The van der Waals surface area contributed by atoms with E-state index in [0.29, 0.717) is 19.6 Å². The molecular weight excluding hydrogens is 184 g/mol. The van der Waals surface area contributed by atoms with Gasteiger partial charge in [-0.3, -0.25) is 9.59 Å². The predicted molar refractivity (Wildman–Crippen MR) is 50.3 cm³/mol. The van der Waals surface area contributed by atoms with Crippen molar-refractivity contribution in [2.75, 3.05) is 13.2 Å². The summed E-state index contributed by atoms with van der Waals surface area (Å²) in [6.07, 6.45) is 1.25. The summed E-state index contributed by atoms with van der Waals surface area (Å²) < 4.78 is 5.08. The maximum Gasteiger partial charge on any atom is 0.239 e. The highest BCUT2D eigenvalue weighted by atomic mass is 16.5. The van der Waals surface area contributed by atoms with Crippen LogP contribution in [0.1, 0.15) is 19.8 Å². The second-order valence-electron chi connectivity index (χ2n) is 3.43. The zero-order valence-electron chi connectivity index (χ0n) is 8.29. The second kappa shape index (κ2) is 4.95. The molecule has 0 unspecified atom stereocenters. The van der Waals surface area contributed by atoms with E-state index < -0.39 is 11.9 Å². The van der Waals surface area contributed by atoms with Crippen molar-refractivity contribution in [2.24, 2.45) is 11.7 Å². The highest BCUT2D eigenvalue weighted by Gasteiger charge is 2.26. The van der Waals surface area contributed by atoms with Crippen LogP contribution in [0.25, 0.3) is 0 Å². The zero-order valence-corrected chi connectivity index (χ0v) is 8.29. The molecule has 5 nitrogen and oxygen atoms in total. The van der Waals surface area contributed by atoms with Gasteiger partial charge in [-0.25, -0.2) is 0 Å². The Morgan fingerprint density at radius 2 is 2.36 bits per heavy atom. The third-order valence-corrected chi connectivity index (χ3v) is 2.37. The SMILES string of the molecule is CC[C@H](NC(=O)[C@@H]1CCOC1)C(N)=O. The van der Waals surface area contributed by atoms with Gasteiger partial charge in [-0.05, 0) is 12.8 Å². The van der Waals surface area contributed by atoms with Crippen LogP contribution in [-0.2, 0) is 14.3 Å². The number of hydrogen-bond donors (Lipinski definition) is 2.